The van der Waals surface area contributed by atoms with Gasteiger partial charge >= 0.3 is 6.03 Å². The molecule has 0 saturated carbocycles. The van der Waals surface area contributed by atoms with Gasteiger partial charge in [0, 0.05) is 17.3 Å². The molecule has 16 heavy (non-hydrogen) atoms. The fourth-order valence-corrected chi connectivity index (χ4v) is 1.30. The van der Waals surface area contributed by atoms with Gasteiger partial charge in [-0.3, -0.25) is 9.69 Å². The van der Waals surface area contributed by atoms with Gasteiger partial charge < -0.3 is 5.32 Å². The van der Waals surface area contributed by atoms with E-state index >= 15 is 0 Å². The van der Waals surface area contributed by atoms with Crippen LogP contribution in [0.2, 0.25) is 5.02 Å². The van der Waals surface area contributed by atoms with E-state index in [9.17, 15) is 9.59 Å². The number of carbonyl (C=O) groups excluding carboxylic acids is 2. The summed E-state index contributed by atoms with van der Waals surface area (Å²) in [5, 5.41) is 3.20. The first kappa shape index (κ1) is 12.5. The Bertz CT molecular complexity index is 365. The molecule has 1 aromatic carbocycles. The smallest absolute Gasteiger partial charge is 0.307 e. The molecule has 1 rings (SSSR count). The molecule has 0 bridgehead atoms. The van der Waals surface area contributed by atoms with Crippen molar-refractivity contribution in [2.45, 2.75) is 13.3 Å². The maximum Gasteiger partial charge on any atom is 0.328 e. The van der Waals surface area contributed by atoms with Crippen LogP contribution in [0.4, 0.5) is 10.5 Å². The summed E-state index contributed by atoms with van der Waals surface area (Å²) in [4.78, 5) is 23.3. The average molecular weight is 241 g/mol. The number of benzene rings is 1. The summed E-state index contributed by atoms with van der Waals surface area (Å²) < 4.78 is 0. The second-order valence-electron chi connectivity index (χ2n) is 3.24. The summed E-state index contributed by atoms with van der Waals surface area (Å²) in [6, 6.07) is 6.26. The number of nitrogens with zero attached hydrogens (tertiary/aromatic N) is 1. The van der Waals surface area contributed by atoms with Crippen LogP contribution in [0.15, 0.2) is 24.3 Å². The molecule has 0 aliphatic heterocycles. The third-order valence-corrected chi connectivity index (χ3v) is 2.20. The Balaban J connectivity index is 2.62. The second kappa shape index (κ2) is 6.12. The van der Waals surface area contributed by atoms with Gasteiger partial charge in [0.25, 0.3) is 0 Å². The minimum Gasteiger partial charge on any atom is -0.307 e. The van der Waals surface area contributed by atoms with E-state index in [1.54, 1.807) is 24.3 Å². The van der Waals surface area contributed by atoms with Crippen LogP contribution in [-0.4, -0.2) is 23.9 Å². The fourth-order valence-electron chi connectivity index (χ4n) is 1.17. The van der Waals surface area contributed by atoms with Gasteiger partial charge in [-0.2, -0.15) is 0 Å². The Labute approximate surface area is 99.2 Å². The van der Waals surface area contributed by atoms with Crippen LogP contribution in [0.3, 0.4) is 0 Å². The lowest BCUT2D eigenvalue weighted by atomic mass is 10.3. The lowest BCUT2D eigenvalue weighted by Crippen LogP contribution is -2.34. The summed E-state index contributed by atoms with van der Waals surface area (Å²) in [6.45, 7) is 2.30. The van der Waals surface area contributed by atoms with Crippen molar-refractivity contribution in [3.8, 4) is 0 Å². The van der Waals surface area contributed by atoms with Gasteiger partial charge in [0.1, 0.15) is 0 Å². The van der Waals surface area contributed by atoms with E-state index in [1.807, 2.05) is 6.92 Å². The van der Waals surface area contributed by atoms with Crippen molar-refractivity contribution < 1.29 is 9.59 Å². The van der Waals surface area contributed by atoms with E-state index < -0.39 is 6.03 Å². The van der Waals surface area contributed by atoms with Gasteiger partial charge in [0.2, 0.25) is 6.41 Å². The van der Waals surface area contributed by atoms with E-state index in [0.717, 1.165) is 11.3 Å². The number of amides is 3. The van der Waals surface area contributed by atoms with E-state index in [1.165, 1.54) is 0 Å². The number of imide groups is 1. The zero-order chi connectivity index (χ0) is 12.0. The lowest BCUT2D eigenvalue weighted by Gasteiger charge is -2.15. The lowest BCUT2D eigenvalue weighted by molar-refractivity contribution is -0.115. The summed E-state index contributed by atoms with van der Waals surface area (Å²) >= 11 is 5.71. The molecule has 4 nitrogen and oxygen atoms in total. The average Bonchev–Trinajstić information content (AvgIpc) is 2.29. The maximum atomic E-state index is 11.6. The van der Waals surface area contributed by atoms with Gasteiger partial charge in [-0.05, 0) is 30.7 Å². The Morgan fingerprint density at radius 3 is 2.56 bits per heavy atom. The molecule has 0 radical (unpaired) electrons. The predicted molar refractivity (Wildman–Crippen MR) is 63.5 cm³/mol. The van der Waals surface area contributed by atoms with Gasteiger partial charge in [-0.1, -0.05) is 18.5 Å². The summed E-state index contributed by atoms with van der Waals surface area (Å²) in [7, 11) is 0. The van der Waals surface area contributed by atoms with Gasteiger partial charge in [-0.15, -0.1) is 0 Å². The van der Waals surface area contributed by atoms with Crippen LogP contribution < -0.4 is 5.32 Å². The van der Waals surface area contributed by atoms with Crippen molar-refractivity contribution in [2.75, 3.05) is 11.9 Å². The molecule has 0 saturated heterocycles. The van der Waals surface area contributed by atoms with Gasteiger partial charge in [0.05, 0.1) is 0 Å². The number of hydrogen-bond donors (Lipinski definition) is 1. The van der Waals surface area contributed by atoms with E-state index in [2.05, 4.69) is 5.32 Å². The minimum atomic E-state index is -0.431. The van der Waals surface area contributed by atoms with Crippen LogP contribution >= 0.6 is 11.6 Å². The van der Waals surface area contributed by atoms with Crippen LogP contribution in [0, 0.1) is 0 Å². The maximum absolute atomic E-state index is 11.6. The first-order valence-corrected chi connectivity index (χ1v) is 5.33. The van der Waals surface area contributed by atoms with Crippen molar-refractivity contribution in [2.24, 2.45) is 0 Å². The van der Waals surface area contributed by atoms with Crippen molar-refractivity contribution in [3.05, 3.63) is 29.3 Å². The highest BCUT2D eigenvalue weighted by Crippen LogP contribution is 2.13. The number of carbonyl (C=O) groups is 2. The molecule has 0 aliphatic carbocycles. The summed E-state index contributed by atoms with van der Waals surface area (Å²) in [5.41, 5.74) is 0.609. The van der Waals surface area contributed by atoms with Crippen LogP contribution in [0.5, 0.6) is 0 Å². The van der Waals surface area contributed by atoms with Crippen LogP contribution in [0.25, 0.3) is 0 Å². The van der Waals surface area contributed by atoms with E-state index in [-0.39, 0.29) is 0 Å². The first-order chi connectivity index (χ1) is 7.67. The highest BCUT2D eigenvalue weighted by Gasteiger charge is 2.10. The predicted octanol–water partition coefficient (Wildman–Crippen LogP) is 2.74. The van der Waals surface area contributed by atoms with Crippen molar-refractivity contribution in [3.63, 3.8) is 0 Å². The van der Waals surface area contributed by atoms with Gasteiger partial charge in [0.15, 0.2) is 0 Å². The van der Waals surface area contributed by atoms with E-state index in [0.29, 0.717) is 23.7 Å². The Kier molecular flexibility index (Phi) is 4.79. The molecule has 0 heterocycles. The number of halogens is 1. The number of hydrogen-bond acceptors (Lipinski definition) is 2. The third-order valence-electron chi connectivity index (χ3n) is 1.95. The number of rotatable bonds is 4. The topological polar surface area (TPSA) is 49.4 Å². The highest BCUT2D eigenvalue weighted by atomic mass is 35.5. The van der Waals surface area contributed by atoms with Crippen LogP contribution in [-0.2, 0) is 4.79 Å². The molecular weight excluding hydrogens is 228 g/mol. The Morgan fingerprint density at radius 1 is 1.44 bits per heavy atom. The molecule has 1 N–H and O–H groups in total. The molecule has 0 atom stereocenters. The molecule has 0 aliphatic rings. The Hall–Kier alpha value is -1.55. The minimum absolute atomic E-state index is 0.406. The SMILES string of the molecule is CCCN(C=O)C(=O)Nc1ccc(Cl)cc1. The van der Waals surface area contributed by atoms with Crippen LogP contribution in [0.1, 0.15) is 13.3 Å². The molecule has 0 fully saturated rings. The second-order valence-corrected chi connectivity index (χ2v) is 3.67. The first-order valence-electron chi connectivity index (χ1n) is 4.96. The molecule has 0 spiro atoms. The van der Waals surface area contributed by atoms with E-state index in [4.69, 9.17) is 11.6 Å². The Morgan fingerprint density at radius 2 is 2.06 bits per heavy atom. The number of nitrogens with one attached hydrogen (secondary N) is 1. The van der Waals surface area contributed by atoms with Crippen molar-refractivity contribution in [1.82, 2.24) is 4.90 Å². The van der Waals surface area contributed by atoms with Gasteiger partial charge in [-0.25, -0.2) is 4.79 Å². The fraction of sp³-hybridized carbons (Fsp3) is 0.273. The standard InChI is InChI=1S/C11H13ClN2O2/c1-2-7-14(8-15)11(16)13-10-5-3-9(12)4-6-10/h3-6,8H,2,7H2,1H3,(H,13,16). The zero-order valence-electron chi connectivity index (χ0n) is 8.94. The monoisotopic (exact) mass is 240 g/mol. The molecule has 1 aromatic rings. The number of anilines is 1. The highest BCUT2D eigenvalue weighted by molar-refractivity contribution is 6.30. The molecular formula is C11H13ClN2O2. The largest absolute Gasteiger partial charge is 0.328 e. The normalized spacial score (nSPS) is 9.62. The summed E-state index contributed by atoms with van der Waals surface area (Å²) in [6.07, 6.45) is 1.25. The number of urea groups is 1. The molecule has 5 heteroatoms. The van der Waals surface area contributed by atoms with Crippen molar-refractivity contribution >= 4 is 29.7 Å². The molecule has 3 amide bonds. The summed E-state index contributed by atoms with van der Waals surface area (Å²) in [5.74, 6) is 0. The third kappa shape index (κ3) is 3.55. The van der Waals surface area contributed by atoms with Crippen molar-refractivity contribution in [1.29, 1.82) is 0 Å². The molecule has 86 valence electrons. The quantitative estimate of drug-likeness (QED) is 0.823. The molecule has 0 aromatic heterocycles. The molecule has 0 unspecified atom stereocenters. The zero-order valence-corrected chi connectivity index (χ0v) is 9.70.